The van der Waals surface area contributed by atoms with Crippen LogP contribution in [0.25, 0.3) is 28.3 Å². The van der Waals surface area contributed by atoms with E-state index in [4.69, 9.17) is 16.3 Å². The molecule has 1 aliphatic carbocycles. The van der Waals surface area contributed by atoms with E-state index in [-0.39, 0.29) is 17.2 Å². The van der Waals surface area contributed by atoms with Gasteiger partial charge in [-0.15, -0.1) is 0 Å². The molecule has 0 spiro atoms. The van der Waals surface area contributed by atoms with Crippen molar-refractivity contribution >= 4 is 5.70 Å². The fourth-order valence-corrected chi connectivity index (χ4v) is 3.28. The standard InChI is InChI=1S/C22H22FN7O/c1-30-12-28-21(17-8-14(6-7-27-17)20(25)18(10-24)29-26)22(30)16-5-4-15(23)9-19(16)31-11-13-2-3-13/h4-9,12-13,29H,2-3,11,25-26H2,1H3/b20-18-. The number of nitrogens with two attached hydrogens (primary N) is 2. The van der Waals surface area contributed by atoms with Gasteiger partial charge in [0.05, 0.1) is 30.0 Å². The monoisotopic (exact) mass is 419 g/mol. The summed E-state index contributed by atoms with van der Waals surface area (Å²) in [7, 11) is 1.85. The molecule has 1 saturated carbocycles. The summed E-state index contributed by atoms with van der Waals surface area (Å²) < 4.78 is 21.7. The summed E-state index contributed by atoms with van der Waals surface area (Å²) in [4.78, 5) is 8.94. The number of benzene rings is 1. The Bertz CT molecular complexity index is 1190. The zero-order valence-corrected chi connectivity index (χ0v) is 17.0. The van der Waals surface area contributed by atoms with Gasteiger partial charge in [0.2, 0.25) is 0 Å². The van der Waals surface area contributed by atoms with Crippen LogP contribution in [0.4, 0.5) is 4.39 Å². The van der Waals surface area contributed by atoms with Crippen LogP contribution in [0.2, 0.25) is 0 Å². The molecule has 0 bridgehead atoms. The van der Waals surface area contributed by atoms with E-state index in [2.05, 4.69) is 15.4 Å². The highest BCUT2D eigenvalue weighted by atomic mass is 19.1. The number of ether oxygens (including phenoxy) is 1. The number of aryl methyl sites for hydroxylation is 1. The lowest BCUT2D eigenvalue weighted by atomic mass is 10.0. The third-order valence-electron chi connectivity index (χ3n) is 5.15. The molecule has 5 N–H and O–H groups in total. The van der Waals surface area contributed by atoms with Crippen molar-refractivity contribution in [3.63, 3.8) is 0 Å². The molecule has 2 aromatic heterocycles. The number of halogens is 1. The number of rotatable bonds is 7. The van der Waals surface area contributed by atoms with Crippen molar-refractivity contribution in [3.05, 3.63) is 59.9 Å². The van der Waals surface area contributed by atoms with Gasteiger partial charge >= 0.3 is 0 Å². The second kappa shape index (κ2) is 8.45. The summed E-state index contributed by atoms with van der Waals surface area (Å²) in [5.74, 6) is 6.00. The number of aromatic nitrogens is 3. The van der Waals surface area contributed by atoms with Crippen molar-refractivity contribution in [1.82, 2.24) is 20.0 Å². The number of hydrogen-bond acceptors (Lipinski definition) is 7. The molecule has 31 heavy (non-hydrogen) atoms. The van der Waals surface area contributed by atoms with Crippen LogP contribution in [-0.2, 0) is 7.05 Å². The lowest BCUT2D eigenvalue weighted by Crippen LogP contribution is -2.23. The molecule has 9 heteroatoms. The summed E-state index contributed by atoms with van der Waals surface area (Å²) in [6.07, 6.45) is 5.51. The van der Waals surface area contributed by atoms with E-state index in [1.165, 1.54) is 12.1 Å². The second-order valence-electron chi connectivity index (χ2n) is 7.42. The molecule has 3 aromatic rings. The van der Waals surface area contributed by atoms with Crippen molar-refractivity contribution in [3.8, 4) is 34.5 Å². The normalized spacial score (nSPS) is 14.0. The summed E-state index contributed by atoms with van der Waals surface area (Å²) >= 11 is 0. The van der Waals surface area contributed by atoms with E-state index in [9.17, 15) is 9.65 Å². The predicted molar refractivity (Wildman–Crippen MR) is 114 cm³/mol. The van der Waals surface area contributed by atoms with Gasteiger partial charge in [-0.25, -0.2) is 15.2 Å². The largest absolute Gasteiger partial charge is 0.492 e. The number of nitrogens with zero attached hydrogens (tertiary/aromatic N) is 4. The first-order chi connectivity index (χ1) is 15.0. The molecular formula is C22H22FN7O. The first-order valence-electron chi connectivity index (χ1n) is 9.79. The predicted octanol–water partition coefficient (Wildman–Crippen LogP) is 2.69. The van der Waals surface area contributed by atoms with E-state index in [1.54, 1.807) is 30.7 Å². The minimum Gasteiger partial charge on any atom is -0.492 e. The summed E-state index contributed by atoms with van der Waals surface area (Å²) in [6.45, 7) is 0.557. The Morgan fingerprint density at radius 3 is 2.84 bits per heavy atom. The maximum atomic E-state index is 14.0. The molecule has 0 radical (unpaired) electrons. The van der Waals surface area contributed by atoms with Gasteiger partial charge in [-0.3, -0.25) is 4.98 Å². The highest BCUT2D eigenvalue weighted by Crippen LogP contribution is 2.38. The highest BCUT2D eigenvalue weighted by molar-refractivity contribution is 5.82. The maximum absolute atomic E-state index is 14.0. The highest BCUT2D eigenvalue weighted by Gasteiger charge is 2.24. The molecule has 0 amide bonds. The third-order valence-corrected chi connectivity index (χ3v) is 5.15. The molecule has 4 rings (SSSR count). The molecule has 0 atom stereocenters. The average molecular weight is 419 g/mol. The zero-order chi connectivity index (χ0) is 22.0. The van der Waals surface area contributed by atoms with E-state index in [1.807, 2.05) is 17.7 Å². The Kier molecular flexibility index (Phi) is 5.56. The van der Waals surface area contributed by atoms with Crippen LogP contribution in [0, 0.1) is 23.1 Å². The van der Waals surface area contributed by atoms with E-state index in [0.717, 1.165) is 18.5 Å². The number of hydrazine groups is 1. The number of nitrogens with one attached hydrogen (secondary N) is 1. The van der Waals surface area contributed by atoms with Crippen LogP contribution < -0.4 is 21.7 Å². The molecule has 1 aliphatic rings. The van der Waals surface area contributed by atoms with Crippen LogP contribution in [0.1, 0.15) is 18.4 Å². The number of hydrogen-bond donors (Lipinski definition) is 3. The minimum atomic E-state index is -0.366. The molecule has 0 saturated heterocycles. The minimum absolute atomic E-state index is 0.0488. The Labute approximate surface area is 178 Å². The van der Waals surface area contributed by atoms with Gasteiger partial charge < -0.3 is 20.5 Å². The zero-order valence-electron chi connectivity index (χ0n) is 17.0. The fourth-order valence-electron chi connectivity index (χ4n) is 3.28. The van der Waals surface area contributed by atoms with Gasteiger partial charge in [0.25, 0.3) is 0 Å². The van der Waals surface area contributed by atoms with Gasteiger partial charge in [-0.1, -0.05) is 0 Å². The number of nitriles is 1. The van der Waals surface area contributed by atoms with E-state index < -0.39 is 0 Å². The summed E-state index contributed by atoms with van der Waals surface area (Å²) in [5, 5.41) is 9.18. The smallest absolute Gasteiger partial charge is 0.151 e. The average Bonchev–Trinajstić information content (AvgIpc) is 3.54. The fraction of sp³-hybridized carbons (Fsp3) is 0.227. The Hall–Kier alpha value is -3.90. The van der Waals surface area contributed by atoms with Gasteiger partial charge in [-0.2, -0.15) is 5.26 Å². The molecule has 0 aliphatic heterocycles. The van der Waals surface area contributed by atoms with Crippen LogP contribution >= 0.6 is 0 Å². The summed E-state index contributed by atoms with van der Waals surface area (Å²) in [6, 6.07) is 9.80. The number of allylic oxidation sites excluding steroid dienone is 1. The van der Waals surface area contributed by atoms with Crippen molar-refractivity contribution in [2.45, 2.75) is 12.8 Å². The van der Waals surface area contributed by atoms with Crippen LogP contribution in [0.3, 0.4) is 0 Å². The molecule has 8 nitrogen and oxygen atoms in total. The number of imidazole rings is 1. The van der Waals surface area contributed by atoms with Gasteiger partial charge in [-0.05, 0) is 43.0 Å². The van der Waals surface area contributed by atoms with Crippen LogP contribution in [0.5, 0.6) is 5.75 Å². The molecule has 0 unspecified atom stereocenters. The van der Waals surface area contributed by atoms with Crippen LogP contribution in [-0.4, -0.2) is 21.1 Å². The van der Waals surface area contributed by atoms with Crippen molar-refractivity contribution in [1.29, 1.82) is 5.26 Å². The van der Waals surface area contributed by atoms with Crippen LogP contribution in [0.15, 0.2) is 48.6 Å². The molecule has 1 fully saturated rings. The van der Waals surface area contributed by atoms with E-state index >= 15 is 0 Å². The molecular weight excluding hydrogens is 397 g/mol. The van der Waals surface area contributed by atoms with Crippen molar-refractivity contribution in [2.75, 3.05) is 6.61 Å². The first kappa shape index (κ1) is 20.4. The topological polar surface area (TPSA) is 128 Å². The van der Waals surface area contributed by atoms with Gasteiger partial charge in [0.15, 0.2) is 5.70 Å². The third kappa shape index (κ3) is 4.20. The summed E-state index contributed by atoms with van der Waals surface area (Å²) in [5.41, 5.74) is 11.8. The Morgan fingerprint density at radius 2 is 2.13 bits per heavy atom. The van der Waals surface area contributed by atoms with Crippen molar-refractivity contribution in [2.24, 2.45) is 24.5 Å². The lowest BCUT2D eigenvalue weighted by Gasteiger charge is -2.14. The second-order valence-corrected chi connectivity index (χ2v) is 7.42. The van der Waals surface area contributed by atoms with Gasteiger partial charge in [0, 0.05) is 30.4 Å². The van der Waals surface area contributed by atoms with Crippen molar-refractivity contribution < 1.29 is 9.13 Å². The maximum Gasteiger partial charge on any atom is 0.151 e. The SMILES string of the molecule is Cn1cnc(-c2cc(/C(N)=C(\C#N)NN)ccn2)c1-c1ccc(F)cc1OCC1CC1. The molecule has 158 valence electrons. The Balaban J connectivity index is 1.79. The Morgan fingerprint density at radius 1 is 1.32 bits per heavy atom. The number of pyridine rings is 1. The molecule has 1 aromatic carbocycles. The quantitative estimate of drug-likeness (QED) is 0.305. The lowest BCUT2D eigenvalue weighted by molar-refractivity contribution is 0.299. The van der Waals surface area contributed by atoms with E-state index in [0.29, 0.717) is 40.8 Å². The first-order valence-corrected chi connectivity index (χ1v) is 9.79. The van der Waals surface area contributed by atoms with Gasteiger partial charge in [0.1, 0.15) is 23.3 Å². The molecule has 2 heterocycles.